The molecule has 0 aromatic rings. The van der Waals surface area contributed by atoms with Crippen LogP contribution in [0.1, 0.15) is 226 Å². The lowest BCUT2D eigenvalue weighted by Gasteiger charge is -2.61. The lowest BCUT2D eigenvalue weighted by molar-refractivity contribution is -0.282. The molecule has 10 bridgehead atoms. The van der Waals surface area contributed by atoms with Gasteiger partial charge in [0.05, 0.1) is 18.6 Å². The van der Waals surface area contributed by atoms with Gasteiger partial charge < -0.3 is 68.4 Å². The lowest BCUT2D eigenvalue weighted by Crippen LogP contribution is -2.59. The number of ether oxygens (including phenoxy) is 7. The molecule has 0 saturated heterocycles. The number of esters is 7. The third-order valence-corrected chi connectivity index (χ3v) is 28.5. The summed E-state index contributed by atoms with van der Waals surface area (Å²) in [6.07, 6.45) is -18.5. The number of fused-ring (bicyclic) bond motifs is 11. The molecule has 146 heavy (non-hydrogen) atoms. The summed E-state index contributed by atoms with van der Waals surface area (Å²) in [4.78, 5) is 108. The average molecular weight is 2180 g/mol. The number of hydrogen-bond acceptors (Lipinski definition) is 29. The van der Waals surface area contributed by atoms with Crippen molar-refractivity contribution < 1.29 is 207 Å². The van der Waals surface area contributed by atoms with Crippen molar-refractivity contribution in [1.29, 1.82) is 0 Å². The molecule has 0 aromatic heterocycles. The minimum Gasteiger partial charge on any atom is -0.462 e. The minimum atomic E-state index is -5.24. The summed E-state index contributed by atoms with van der Waals surface area (Å²) < 4.78 is 307. The highest BCUT2D eigenvalue weighted by atomic mass is 32.2. The first-order valence-electron chi connectivity index (χ1n) is 45.8. The van der Waals surface area contributed by atoms with Crippen LogP contribution in [0.3, 0.4) is 0 Å². The standard InChI is InChI=1S/C20H27F3O3.C16H21F3O4S.C15H21F3O3.2C10H15F3O3.C9H13F3O3.C6H11NO4S.C6H11NO2.C4H7NO2/c1-9(2)18(24)26-15-7-11-6-14(15)17-10-4-12(13(5-10)16(11)17)8-19(3,25)20(21,22)23;1-10(2)13(20)23-15-6-11-3-12(7-15)5-14(4-11,8-15)9-24(21,22)16(17,18)19;1-8(2)13(19)21-12-6-9-4-10(12)5-11(9)7-14(3,20)15(16,17)18;1-6(2)8(14)16-7(3)5-9(4,15)10(11,12)13;1-7(2)8(14)16-6-4-5-9(3,15)10(11,12)13;1-5(2)7(13)15-6(3)8(4,14)9(10,11)12;1-5(2)6(8)11-4-7-12(3,9)10;1-5(2)6(8)9-7(3)4;1-3(2)4(6)7-5/h10-17,25H,1,4-8H2,2-3H3;11-12H,1,3-9H2,2H3;9-12,20H,1,4-7H2,2-3H3;7,15H,1,5H2,2-4H3;15H,1,4-6H2,2-3H3;6,14H,1H2,2-4H3;7H,1,4H2,2-3H3;1H2,2-4H3;1,5H2,2H3. The number of alkyl halides is 18. The van der Waals surface area contributed by atoms with Crippen LogP contribution in [0.4, 0.5) is 79.0 Å². The molecule has 21 atom stereocenters. The number of carbonyl (C=O) groups is 9. The van der Waals surface area contributed by atoms with Crippen molar-refractivity contribution in [3.05, 3.63) is 109 Å². The van der Waals surface area contributed by atoms with Crippen LogP contribution in [-0.2, 0) is 106 Å². The number of sulfone groups is 1. The number of hydrogen-bond donors (Lipinski definition) is 7. The maximum Gasteiger partial charge on any atom is 0.497 e. The van der Waals surface area contributed by atoms with Crippen LogP contribution in [-0.4, -0.2) is 235 Å². The van der Waals surface area contributed by atoms with Crippen LogP contribution < -0.4 is 10.6 Å². The van der Waals surface area contributed by atoms with E-state index in [1.165, 1.54) is 53.5 Å². The van der Waals surface area contributed by atoms with Gasteiger partial charge in [0.15, 0.2) is 34.7 Å². The number of carbonyl (C=O) groups excluding carboxylic acids is 9. The van der Waals surface area contributed by atoms with Crippen LogP contribution in [0.2, 0.25) is 0 Å². The summed E-state index contributed by atoms with van der Waals surface area (Å²) in [5, 5.41) is 48.1. The Morgan fingerprint density at radius 3 is 1.19 bits per heavy atom. The monoisotopic (exact) mass is 2170 g/mol. The fraction of sp³-hybridized carbons (Fsp3) is 0.719. The van der Waals surface area contributed by atoms with Crippen molar-refractivity contribution in [3.63, 3.8) is 0 Å². The predicted molar refractivity (Wildman–Crippen MR) is 494 cm³/mol. The molecule has 0 heterocycles. The number of aliphatic hydroxyl groups is 5. The van der Waals surface area contributed by atoms with E-state index in [9.17, 15) is 149 Å². The summed E-state index contributed by atoms with van der Waals surface area (Å²) in [5.41, 5.74) is -18.8. The quantitative estimate of drug-likeness (QED) is 0.00495. The fourth-order valence-corrected chi connectivity index (χ4v) is 20.6. The normalized spacial score (nSPS) is 26.6. The van der Waals surface area contributed by atoms with Crippen molar-refractivity contribution in [2.75, 3.05) is 39.4 Å². The first-order chi connectivity index (χ1) is 65.4. The molecule has 0 radical (unpaired) electrons. The number of hydroxylamine groups is 2. The Morgan fingerprint density at radius 1 is 0.438 bits per heavy atom. The van der Waals surface area contributed by atoms with Gasteiger partial charge in [-0.2, -0.15) is 89.6 Å². The number of halogens is 18. The molecule has 50 heteroatoms. The second kappa shape index (κ2) is 52.8. The number of nitrogens with one attached hydrogen (secondary N) is 1. The van der Waals surface area contributed by atoms with Crippen molar-refractivity contribution in [2.24, 2.45) is 82.3 Å². The van der Waals surface area contributed by atoms with Crippen molar-refractivity contribution in [3.8, 4) is 0 Å². The highest BCUT2D eigenvalue weighted by Crippen LogP contribution is 2.71. The minimum absolute atomic E-state index is 0.0279. The van der Waals surface area contributed by atoms with E-state index in [1.807, 2.05) is 4.72 Å². The van der Waals surface area contributed by atoms with Gasteiger partial charge in [-0.25, -0.2) is 60.0 Å². The Morgan fingerprint density at radius 2 is 0.822 bits per heavy atom. The molecular formula is C96H141F18N3O27S2. The van der Waals surface area contributed by atoms with Gasteiger partial charge >= 0.3 is 90.1 Å². The lowest BCUT2D eigenvalue weighted by atomic mass is 9.48. The van der Waals surface area contributed by atoms with Gasteiger partial charge in [0.2, 0.25) is 19.9 Å². The second-order valence-electron chi connectivity index (χ2n) is 40.8. The maximum atomic E-state index is 13.1. The summed E-state index contributed by atoms with van der Waals surface area (Å²) in [5.74, 6) is 0.933. The van der Waals surface area contributed by atoms with E-state index in [4.69, 9.17) is 29.5 Å². The van der Waals surface area contributed by atoms with Gasteiger partial charge in [-0.1, -0.05) is 59.2 Å². The molecule has 10 fully saturated rings. The zero-order valence-corrected chi connectivity index (χ0v) is 86.9. The zero-order chi connectivity index (χ0) is 115. The third-order valence-electron chi connectivity index (χ3n) is 26.1. The van der Waals surface area contributed by atoms with E-state index in [1.54, 1.807) is 34.9 Å². The number of nitrogens with two attached hydrogens (primary N) is 1. The molecule has 0 aromatic carbocycles. The molecule has 10 aliphatic carbocycles. The molecule has 10 aliphatic rings. The molecule has 0 amide bonds. The molecule has 0 spiro atoms. The molecular weight excluding hydrogens is 2030 g/mol. The Balaban J connectivity index is 0.000000841. The summed E-state index contributed by atoms with van der Waals surface area (Å²) in [6.45, 7) is 49.3. The Labute approximate surface area is 839 Å². The Hall–Kier alpha value is -8.79. The Kier molecular flexibility index (Phi) is 48.9. The fourth-order valence-electron chi connectivity index (χ4n) is 19.1. The summed E-state index contributed by atoms with van der Waals surface area (Å²) >= 11 is 0. The van der Waals surface area contributed by atoms with Crippen molar-refractivity contribution >= 4 is 73.6 Å². The first kappa shape index (κ1) is 135. The highest BCUT2D eigenvalue weighted by Gasteiger charge is 2.68. The smallest absolute Gasteiger partial charge is 0.462 e. The molecule has 30 nitrogen and oxygen atoms in total. The molecule has 8 N–H and O–H groups in total. The average Bonchev–Trinajstić information content (AvgIpc) is 1.53. The highest BCUT2D eigenvalue weighted by molar-refractivity contribution is 7.92. The maximum absolute atomic E-state index is 13.1. The van der Waals surface area contributed by atoms with Crippen LogP contribution in [0.25, 0.3) is 0 Å². The Bertz CT molecular complexity index is 4880. The van der Waals surface area contributed by atoms with E-state index in [0.29, 0.717) is 111 Å². The van der Waals surface area contributed by atoms with Crippen LogP contribution in [0.15, 0.2) is 109 Å². The SMILES string of the molecule is C=C(C)C(=O)OC(C)C(C)(O)C(F)(F)F.C=C(C)C(=O)OC(C)CC(C)(O)C(F)(F)F.C=C(C)C(=O)OC12CC3CC(CC(CS(=O)(=O)C(F)(F)F)(C3)C1)C2.C=C(C)C(=O)OC1CC2CC1C1C3CC(CC(C)(O)C(F)(F)F)C(C3)C21.C=C(C)C(=O)OC1CC2CC1CC2CC(C)(O)C(F)(F)F.C=C(C)C(=O)OCCCC(C)(O)C(F)(F)F.C=C(C)C(=O)OCNS(C)(=O)=O.C=C(C)C(=O)ON.C=C(C)C(=O)ON(C)C. The summed E-state index contributed by atoms with van der Waals surface area (Å²) in [7, 11) is -5.21. The second-order valence-corrected chi connectivity index (χ2v) is 44.6. The first-order valence-corrected chi connectivity index (χ1v) is 49.3. The van der Waals surface area contributed by atoms with Crippen LogP contribution in [0, 0.1) is 76.4 Å². The third kappa shape index (κ3) is 40.8. The molecule has 10 rings (SSSR count). The van der Waals surface area contributed by atoms with Gasteiger partial charge in [-0.05, 0) is 296 Å². The molecule has 0 aliphatic heterocycles. The van der Waals surface area contributed by atoms with Gasteiger partial charge in [0.25, 0.3) is 0 Å². The number of sulfonamides is 1. The van der Waals surface area contributed by atoms with E-state index in [-0.39, 0.29) is 132 Å². The van der Waals surface area contributed by atoms with Crippen molar-refractivity contribution in [2.45, 2.75) is 321 Å². The van der Waals surface area contributed by atoms with Gasteiger partial charge in [-0.15, -0.1) is 5.06 Å². The van der Waals surface area contributed by atoms with Gasteiger partial charge in [0, 0.05) is 70.7 Å². The number of nitrogens with zero attached hydrogens (tertiary/aromatic N) is 1. The van der Waals surface area contributed by atoms with Crippen molar-refractivity contribution in [1.82, 2.24) is 9.79 Å². The zero-order valence-electron chi connectivity index (χ0n) is 85.3. The van der Waals surface area contributed by atoms with E-state index in [2.05, 4.69) is 93.7 Å². The molecule has 21 unspecified atom stereocenters. The summed E-state index contributed by atoms with van der Waals surface area (Å²) in [6, 6.07) is 0. The number of rotatable bonds is 31. The largest absolute Gasteiger partial charge is 0.497 e. The van der Waals surface area contributed by atoms with Crippen LogP contribution in [0.5, 0.6) is 0 Å². The van der Waals surface area contributed by atoms with Crippen LogP contribution >= 0.6 is 0 Å². The van der Waals surface area contributed by atoms with E-state index >= 15 is 0 Å². The van der Waals surface area contributed by atoms with E-state index in [0.717, 1.165) is 65.6 Å². The van der Waals surface area contributed by atoms with E-state index < -0.39 is 168 Å². The topological polar surface area (TPSA) is 447 Å². The molecule has 840 valence electrons. The van der Waals surface area contributed by atoms with Gasteiger partial charge in [-0.3, -0.25) is 0 Å². The predicted octanol–water partition coefficient (Wildman–Crippen LogP) is 17.1. The van der Waals surface area contributed by atoms with Gasteiger partial charge in [0.1, 0.15) is 30.0 Å². The molecule has 10 saturated carbocycles.